The van der Waals surface area contributed by atoms with Crippen LogP contribution in [-0.4, -0.2) is 33.9 Å². The summed E-state index contributed by atoms with van der Waals surface area (Å²) >= 11 is 0. The molecule has 1 N–H and O–H groups in total. The molecule has 1 fully saturated rings. The van der Waals surface area contributed by atoms with Crippen molar-refractivity contribution >= 4 is 23.9 Å². The molecule has 0 radical (unpaired) electrons. The molecule has 1 aliphatic heterocycles. The second-order valence-electron chi connectivity index (χ2n) is 7.08. The van der Waals surface area contributed by atoms with Gasteiger partial charge in [0, 0.05) is 11.9 Å². The SMILES string of the molecule is Cc1cccc(OCCn2cccc2/C=C2/C(=O)NC(=O)N(Cc3ccco3)C2=O)c1. The summed E-state index contributed by atoms with van der Waals surface area (Å²) in [6.45, 7) is 2.87. The second kappa shape index (κ2) is 8.74. The van der Waals surface area contributed by atoms with Gasteiger partial charge in [-0.05, 0) is 55.0 Å². The molecule has 4 rings (SSSR count). The molecular formula is C23H21N3O5. The van der Waals surface area contributed by atoms with Gasteiger partial charge in [0.2, 0.25) is 0 Å². The first-order valence-corrected chi connectivity index (χ1v) is 9.77. The molecule has 2 aromatic heterocycles. The molecule has 3 aromatic rings. The lowest BCUT2D eigenvalue weighted by Gasteiger charge is -2.25. The Morgan fingerprint density at radius 1 is 1.10 bits per heavy atom. The van der Waals surface area contributed by atoms with E-state index in [1.54, 1.807) is 18.2 Å². The van der Waals surface area contributed by atoms with Gasteiger partial charge in [0.1, 0.15) is 23.7 Å². The number of hydrogen-bond acceptors (Lipinski definition) is 5. The number of carbonyl (C=O) groups is 3. The van der Waals surface area contributed by atoms with Gasteiger partial charge in [-0.2, -0.15) is 0 Å². The van der Waals surface area contributed by atoms with E-state index in [2.05, 4.69) is 5.32 Å². The van der Waals surface area contributed by atoms with Gasteiger partial charge in [-0.15, -0.1) is 0 Å². The van der Waals surface area contributed by atoms with Crippen LogP contribution in [0.4, 0.5) is 4.79 Å². The first kappa shape index (κ1) is 20.2. The van der Waals surface area contributed by atoms with Gasteiger partial charge in [0.25, 0.3) is 11.8 Å². The van der Waals surface area contributed by atoms with Crippen molar-refractivity contribution in [1.82, 2.24) is 14.8 Å². The maximum Gasteiger partial charge on any atom is 0.331 e. The van der Waals surface area contributed by atoms with Gasteiger partial charge in [-0.25, -0.2) is 4.79 Å². The van der Waals surface area contributed by atoms with Gasteiger partial charge in [0.05, 0.1) is 19.4 Å². The summed E-state index contributed by atoms with van der Waals surface area (Å²) in [6, 6.07) is 13.9. The van der Waals surface area contributed by atoms with E-state index in [0.29, 0.717) is 24.6 Å². The number of urea groups is 1. The molecule has 0 bridgehead atoms. The number of aromatic nitrogens is 1. The number of imide groups is 2. The van der Waals surface area contributed by atoms with Crippen molar-refractivity contribution in [3.63, 3.8) is 0 Å². The molecule has 0 atom stereocenters. The van der Waals surface area contributed by atoms with E-state index in [-0.39, 0.29) is 12.1 Å². The zero-order chi connectivity index (χ0) is 21.8. The molecular weight excluding hydrogens is 398 g/mol. The fourth-order valence-electron chi connectivity index (χ4n) is 3.27. The number of carbonyl (C=O) groups excluding carboxylic acids is 3. The molecule has 1 saturated heterocycles. The van der Waals surface area contributed by atoms with Gasteiger partial charge in [0.15, 0.2) is 0 Å². The number of furan rings is 1. The third kappa shape index (κ3) is 4.58. The van der Waals surface area contributed by atoms with Crippen molar-refractivity contribution in [1.29, 1.82) is 0 Å². The van der Waals surface area contributed by atoms with Crippen molar-refractivity contribution < 1.29 is 23.5 Å². The van der Waals surface area contributed by atoms with Crippen LogP contribution in [0, 0.1) is 6.92 Å². The van der Waals surface area contributed by atoms with E-state index in [1.165, 1.54) is 12.3 Å². The Bertz CT molecular complexity index is 1140. The van der Waals surface area contributed by atoms with Crippen LogP contribution in [0.5, 0.6) is 5.75 Å². The lowest BCUT2D eigenvalue weighted by molar-refractivity contribution is -0.130. The topological polar surface area (TPSA) is 93.8 Å². The van der Waals surface area contributed by atoms with Crippen LogP contribution in [0.3, 0.4) is 0 Å². The highest BCUT2D eigenvalue weighted by molar-refractivity contribution is 6.30. The number of aryl methyl sites for hydroxylation is 1. The Balaban J connectivity index is 1.48. The number of nitrogens with zero attached hydrogens (tertiary/aromatic N) is 2. The number of hydrogen-bond donors (Lipinski definition) is 1. The lowest BCUT2D eigenvalue weighted by Crippen LogP contribution is -2.53. The molecule has 158 valence electrons. The Morgan fingerprint density at radius 3 is 2.74 bits per heavy atom. The maximum absolute atomic E-state index is 12.8. The molecule has 4 amide bonds. The number of barbiturate groups is 1. The van der Waals surface area contributed by atoms with Crippen molar-refractivity contribution in [3.05, 3.63) is 83.6 Å². The predicted molar refractivity (Wildman–Crippen MR) is 112 cm³/mol. The predicted octanol–water partition coefficient (Wildman–Crippen LogP) is 3.13. The van der Waals surface area contributed by atoms with Crippen LogP contribution in [0.1, 0.15) is 17.0 Å². The van der Waals surface area contributed by atoms with Crippen LogP contribution in [0.25, 0.3) is 6.08 Å². The Kier molecular flexibility index (Phi) is 5.70. The normalized spacial score (nSPS) is 15.5. The standard InChI is InChI=1S/C23H21N3O5/c1-16-5-2-7-18(13-16)31-12-10-25-9-3-6-17(25)14-20-21(27)24-23(29)26(22(20)28)15-19-8-4-11-30-19/h2-9,11,13-14H,10,12,15H2,1H3,(H,24,27,29)/b20-14-. The van der Waals surface area contributed by atoms with Gasteiger partial charge in [-0.3, -0.25) is 19.8 Å². The summed E-state index contributed by atoms with van der Waals surface area (Å²) < 4.78 is 12.9. The van der Waals surface area contributed by atoms with Crippen LogP contribution in [-0.2, 0) is 22.7 Å². The minimum atomic E-state index is -0.773. The van der Waals surface area contributed by atoms with E-state index in [0.717, 1.165) is 16.2 Å². The Morgan fingerprint density at radius 2 is 1.97 bits per heavy atom. The van der Waals surface area contributed by atoms with E-state index in [1.807, 2.05) is 48.0 Å². The van der Waals surface area contributed by atoms with Crippen molar-refractivity contribution in [2.75, 3.05) is 6.61 Å². The number of benzene rings is 1. The quantitative estimate of drug-likeness (QED) is 0.469. The second-order valence-corrected chi connectivity index (χ2v) is 7.08. The van der Waals surface area contributed by atoms with E-state index < -0.39 is 17.8 Å². The van der Waals surface area contributed by atoms with Crippen LogP contribution in [0.15, 0.2) is 71.0 Å². The third-order valence-corrected chi connectivity index (χ3v) is 4.83. The molecule has 0 spiro atoms. The lowest BCUT2D eigenvalue weighted by atomic mass is 10.1. The van der Waals surface area contributed by atoms with Crippen molar-refractivity contribution in [2.24, 2.45) is 0 Å². The highest BCUT2D eigenvalue weighted by Crippen LogP contribution is 2.18. The highest BCUT2D eigenvalue weighted by Gasteiger charge is 2.36. The molecule has 1 aromatic carbocycles. The maximum atomic E-state index is 12.8. The molecule has 0 unspecified atom stereocenters. The molecule has 8 nitrogen and oxygen atoms in total. The first-order valence-electron chi connectivity index (χ1n) is 9.77. The van der Waals surface area contributed by atoms with E-state index in [4.69, 9.17) is 9.15 Å². The minimum absolute atomic E-state index is 0.0619. The smallest absolute Gasteiger partial charge is 0.331 e. The Labute approximate surface area is 178 Å². The Hall–Kier alpha value is -4.07. The summed E-state index contributed by atoms with van der Waals surface area (Å²) in [4.78, 5) is 38.3. The van der Waals surface area contributed by atoms with Crippen LogP contribution in [0.2, 0.25) is 0 Å². The molecule has 8 heteroatoms. The monoisotopic (exact) mass is 419 g/mol. The molecule has 1 aliphatic rings. The van der Waals surface area contributed by atoms with E-state index >= 15 is 0 Å². The van der Waals surface area contributed by atoms with Crippen molar-refractivity contribution in [2.45, 2.75) is 20.0 Å². The zero-order valence-electron chi connectivity index (χ0n) is 16.9. The molecule has 31 heavy (non-hydrogen) atoms. The summed E-state index contributed by atoms with van der Waals surface area (Å²) in [5.41, 5.74) is 1.64. The zero-order valence-corrected chi connectivity index (χ0v) is 16.9. The number of amides is 4. The molecule has 3 heterocycles. The summed E-state index contributed by atoms with van der Waals surface area (Å²) in [7, 11) is 0. The largest absolute Gasteiger partial charge is 0.492 e. The van der Waals surface area contributed by atoms with Crippen LogP contribution >= 0.6 is 0 Å². The number of rotatable bonds is 7. The average molecular weight is 419 g/mol. The summed E-state index contributed by atoms with van der Waals surface area (Å²) in [5, 5.41) is 2.21. The van der Waals surface area contributed by atoms with Gasteiger partial charge < -0.3 is 13.7 Å². The van der Waals surface area contributed by atoms with Crippen molar-refractivity contribution in [3.8, 4) is 5.75 Å². The first-order chi connectivity index (χ1) is 15.0. The third-order valence-electron chi connectivity index (χ3n) is 4.83. The minimum Gasteiger partial charge on any atom is -0.492 e. The number of ether oxygens (including phenoxy) is 1. The van der Waals surface area contributed by atoms with Gasteiger partial charge in [-0.1, -0.05) is 12.1 Å². The fourth-order valence-corrected chi connectivity index (χ4v) is 3.27. The summed E-state index contributed by atoms with van der Waals surface area (Å²) in [6.07, 6.45) is 4.77. The van der Waals surface area contributed by atoms with Crippen LogP contribution < -0.4 is 10.1 Å². The fraction of sp³-hybridized carbons (Fsp3) is 0.174. The number of nitrogens with one attached hydrogen (secondary N) is 1. The van der Waals surface area contributed by atoms with Gasteiger partial charge >= 0.3 is 6.03 Å². The molecule has 0 saturated carbocycles. The molecule has 0 aliphatic carbocycles. The summed E-state index contributed by atoms with van der Waals surface area (Å²) in [5.74, 6) is -0.182. The van der Waals surface area contributed by atoms with E-state index in [9.17, 15) is 14.4 Å². The average Bonchev–Trinajstić information content (AvgIpc) is 3.40. The highest BCUT2D eigenvalue weighted by atomic mass is 16.5.